The molecule has 3 N–H and O–H groups in total. The van der Waals surface area contributed by atoms with E-state index in [2.05, 4.69) is 21.6 Å². The number of ether oxygens (including phenoxy) is 1. The highest BCUT2D eigenvalue weighted by atomic mass is 16.5. The Bertz CT molecular complexity index is 750. The summed E-state index contributed by atoms with van der Waals surface area (Å²) >= 11 is 0. The third-order valence-electron chi connectivity index (χ3n) is 4.78. The van der Waals surface area contributed by atoms with E-state index >= 15 is 0 Å². The van der Waals surface area contributed by atoms with E-state index in [1.807, 2.05) is 69.6 Å². The standard InChI is InChI=1S/C23H34N4O2/c1-5-24-23(25-16-15-21(28)18-11-7-6-8-12-18)26-17-20(27(2)3)19-13-9-10-14-22(19)29-4/h6-14,20-21,28H,5,15-17H2,1-4H3,(H2,24,25,26). The van der Waals surface area contributed by atoms with Crippen LogP contribution in [0.4, 0.5) is 0 Å². The largest absolute Gasteiger partial charge is 0.496 e. The molecule has 6 heteroatoms. The normalized spacial score (nSPS) is 13.8. The molecule has 2 aromatic carbocycles. The Morgan fingerprint density at radius 2 is 1.76 bits per heavy atom. The number of guanidine groups is 1. The minimum absolute atomic E-state index is 0.0940. The van der Waals surface area contributed by atoms with Crippen LogP contribution in [0.25, 0.3) is 0 Å². The summed E-state index contributed by atoms with van der Waals surface area (Å²) in [6, 6.07) is 17.9. The fraction of sp³-hybridized carbons (Fsp3) is 0.435. The molecule has 2 unspecified atom stereocenters. The van der Waals surface area contributed by atoms with E-state index in [0.29, 0.717) is 19.5 Å². The molecule has 0 aliphatic carbocycles. The number of hydrogen-bond acceptors (Lipinski definition) is 4. The van der Waals surface area contributed by atoms with E-state index in [1.165, 1.54) is 0 Å². The molecule has 0 aromatic heterocycles. The van der Waals surface area contributed by atoms with Crippen LogP contribution >= 0.6 is 0 Å². The number of nitrogens with one attached hydrogen (secondary N) is 2. The Kier molecular flexibility index (Phi) is 9.47. The molecule has 2 rings (SSSR count). The Morgan fingerprint density at radius 3 is 2.41 bits per heavy atom. The minimum Gasteiger partial charge on any atom is -0.496 e. The Balaban J connectivity index is 2.00. The molecule has 0 aliphatic heterocycles. The van der Waals surface area contributed by atoms with E-state index in [0.717, 1.165) is 29.4 Å². The van der Waals surface area contributed by atoms with Gasteiger partial charge in [-0.1, -0.05) is 48.5 Å². The summed E-state index contributed by atoms with van der Waals surface area (Å²) in [6.07, 6.45) is 0.118. The van der Waals surface area contributed by atoms with Gasteiger partial charge in [-0.25, -0.2) is 0 Å². The molecule has 0 amide bonds. The van der Waals surface area contributed by atoms with Crippen molar-refractivity contribution in [1.29, 1.82) is 0 Å². The van der Waals surface area contributed by atoms with Crippen molar-refractivity contribution in [3.05, 3.63) is 65.7 Å². The molecule has 0 bridgehead atoms. The van der Waals surface area contributed by atoms with Gasteiger partial charge in [0.05, 0.1) is 25.8 Å². The van der Waals surface area contributed by atoms with Gasteiger partial charge in [0.1, 0.15) is 5.75 Å². The Hall–Kier alpha value is -2.57. The van der Waals surface area contributed by atoms with Crippen molar-refractivity contribution < 1.29 is 9.84 Å². The lowest BCUT2D eigenvalue weighted by Gasteiger charge is -2.25. The van der Waals surface area contributed by atoms with Crippen molar-refractivity contribution in [2.45, 2.75) is 25.5 Å². The molecule has 0 saturated heterocycles. The zero-order chi connectivity index (χ0) is 21.1. The lowest BCUT2D eigenvalue weighted by Crippen LogP contribution is -2.39. The summed E-state index contributed by atoms with van der Waals surface area (Å²) < 4.78 is 5.53. The van der Waals surface area contributed by atoms with Crippen LogP contribution in [-0.2, 0) is 0 Å². The van der Waals surface area contributed by atoms with Gasteiger partial charge in [-0.05, 0) is 39.1 Å². The molecule has 2 atom stereocenters. The molecule has 0 fully saturated rings. The van der Waals surface area contributed by atoms with Gasteiger partial charge in [0, 0.05) is 18.7 Å². The molecule has 29 heavy (non-hydrogen) atoms. The number of methoxy groups -OCH3 is 1. The fourth-order valence-corrected chi connectivity index (χ4v) is 3.17. The van der Waals surface area contributed by atoms with Crippen LogP contribution in [0.1, 0.15) is 36.6 Å². The van der Waals surface area contributed by atoms with Crippen LogP contribution in [0, 0.1) is 0 Å². The highest BCUT2D eigenvalue weighted by Gasteiger charge is 2.18. The molecule has 6 nitrogen and oxygen atoms in total. The maximum absolute atomic E-state index is 10.3. The number of para-hydroxylation sites is 1. The van der Waals surface area contributed by atoms with Crippen LogP contribution in [0.2, 0.25) is 0 Å². The summed E-state index contributed by atoms with van der Waals surface area (Å²) in [5.41, 5.74) is 2.04. The molecule has 0 radical (unpaired) electrons. The first-order chi connectivity index (χ1) is 14.1. The van der Waals surface area contributed by atoms with E-state index in [-0.39, 0.29) is 6.04 Å². The molecule has 0 heterocycles. The maximum Gasteiger partial charge on any atom is 0.191 e. The van der Waals surface area contributed by atoms with Crippen LogP contribution < -0.4 is 15.4 Å². The van der Waals surface area contributed by atoms with E-state index in [9.17, 15) is 5.11 Å². The number of aliphatic hydroxyl groups excluding tert-OH is 1. The zero-order valence-corrected chi connectivity index (χ0v) is 17.9. The monoisotopic (exact) mass is 398 g/mol. The number of aliphatic hydroxyl groups is 1. The average molecular weight is 399 g/mol. The molecule has 0 aliphatic rings. The van der Waals surface area contributed by atoms with Gasteiger partial charge in [0.15, 0.2) is 5.96 Å². The zero-order valence-electron chi connectivity index (χ0n) is 17.9. The summed E-state index contributed by atoms with van der Waals surface area (Å²) in [7, 11) is 5.78. The van der Waals surface area contributed by atoms with Crippen molar-refractivity contribution in [2.75, 3.05) is 40.8 Å². The summed E-state index contributed by atoms with van der Waals surface area (Å²) in [6.45, 7) is 4.03. The lowest BCUT2D eigenvalue weighted by atomic mass is 10.0. The maximum atomic E-state index is 10.3. The smallest absolute Gasteiger partial charge is 0.191 e. The van der Waals surface area contributed by atoms with Gasteiger partial charge < -0.3 is 25.4 Å². The van der Waals surface area contributed by atoms with Gasteiger partial charge >= 0.3 is 0 Å². The first-order valence-corrected chi connectivity index (χ1v) is 10.1. The molecule has 0 saturated carbocycles. The highest BCUT2D eigenvalue weighted by Crippen LogP contribution is 2.28. The third kappa shape index (κ3) is 7.07. The van der Waals surface area contributed by atoms with Crippen LogP contribution in [-0.4, -0.2) is 56.8 Å². The predicted octanol–water partition coefficient (Wildman–Crippen LogP) is 2.98. The van der Waals surface area contributed by atoms with Crippen molar-refractivity contribution in [1.82, 2.24) is 15.5 Å². The number of benzene rings is 2. The number of likely N-dealkylation sites (N-methyl/N-ethyl adjacent to an activating group) is 1. The second-order valence-electron chi connectivity index (χ2n) is 7.08. The molecular formula is C23H34N4O2. The van der Waals surface area contributed by atoms with Gasteiger partial charge in [-0.2, -0.15) is 0 Å². The number of aliphatic imine (C=N–C) groups is 1. The topological polar surface area (TPSA) is 69.1 Å². The van der Waals surface area contributed by atoms with Crippen LogP contribution in [0.5, 0.6) is 5.75 Å². The van der Waals surface area contributed by atoms with E-state index in [1.54, 1.807) is 7.11 Å². The summed E-state index contributed by atoms with van der Waals surface area (Å²) in [5, 5.41) is 16.9. The van der Waals surface area contributed by atoms with Crippen molar-refractivity contribution in [3.63, 3.8) is 0 Å². The van der Waals surface area contributed by atoms with Crippen molar-refractivity contribution >= 4 is 5.96 Å². The van der Waals surface area contributed by atoms with Gasteiger partial charge in [-0.3, -0.25) is 4.99 Å². The van der Waals surface area contributed by atoms with Gasteiger partial charge in [-0.15, -0.1) is 0 Å². The number of hydrogen-bond donors (Lipinski definition) is 3. The van der Waals surface area contributed by atoms with Gasteiger partial charge in [0.25, 0.3) is 0 Å². The number of rotatable bonds is 10. The van der Waals surface area contributed by atoms with Crippen molar-refractivity contribution in [2.24, 2.45) is 4.99 Å². The number of nitrogens with zero attached hydrogens (tertiary/aromatic N) is 2. The van der Waals surface area contributed by atoms with Gasteiger partial charge in [0.2, 0.25) is 0 Å². The van der Waals surface area contributed by atoms with E-state index in [4.69, 9.17) is 9.73 Å². The second-order valence-corrected chi connectivity index (χ2v) is 7.08. The average Bonchev–Trinajstić information content (AvgIpc) is 2.74. The highest BCUT2D eigenvalue weighted by molar-refractivity contribution is 5.79. The molecule has 158 valence electrons. The van der Waals surface area contributed by atoms with Crippen LogP contribution in [0.15, 0.2) is 59.6 Å². The summed E-state index contributed by atoms with van der Waals surface area (Å²) in [4.78, 5) is 6.91. The quantitative estimate of drug-likeness (QED) is 0.424. The van der Waals surface area contributed by atoms with Crippen LogP contribution in [0.3, 0.4) is 0 Å². The fourth-order valence-electron chi connectivity index (χ4n) is 3.17. The van der Waals surface area contributed by atoms with E-state index < -0.39 is 6.10 Å². The Morgan fingerprint density at radius 1 is 1.07 bits per heavy atom. The Labute approximate surface area is 174 Å². The first-order valence-electron chi connectivity index (χ1n) is 10.1. The summed E-state index contributed by atoms with van der Waals surface area (Å²) in [5.74, 6) is 1.61. The first kappa shape index (κ1) is 22.7. The second kappa shape index (κ2) is 12.1. The third-order valence-corrected chi connectivity index (χ3v) is 4.78. The lowest BCUT2D eigenvalue weighted by molar-refractivity contribution is 0.168. The molecule has 0 spiro atoms. The predicted molar refractivity (Wildman–Crippen MR) is 119 cm³/mol. The molecular weight excluding hydrogens is 364 g/mol. The molecule has 2 aromatic rings. The SMILES string of the molecule is CCNC(=NCC(c1ccccc1OC)N(C)C)NCCC(O)c1ccccc1. The minimum atomic E-state index is -0.491. The van der Waals surface area contributed by atoms with Crippen molar-refractivity contribution in [3.8, 4) is 5.75 Å².